The fourth-order valence-electron chi connectivity index (χ4n) is 9.46. The Kier molecular flexibility index (Phi) is 6.51. The molecule has 0 bridgehead atoms. The van der Waals surface area contributed by atoms with Crippen molar-refractivity contribution >= 4 is 27.8 Å². The van der Waals surface area contributed by atoms with Crippen molar-refractivity contribution in [3.63, 3.8) is 0 Å². The molecule has 10 rings (SSSR count). The van der Waals surface area contributed by atoms with Crippen molar-refractivity contribution in [3.8, 4) is 22.3 Å². The lowest BCUT2D eigenvalue weighted by molar-refractivity contribution is 0.619. The second kappa shape index (κ2) is 11.2. The molecule has 0 unspecified atom stereocenters. The van der Waals surface area contributed by atoms with Crippen LogP contribution in [0.2, 0.25) is 0 Å². The molecule has 242 valence electrons. The van der Waals surface area contributed by atoms with Gasteiger partial charge in [-0.25, -0.2) is 0 Å². The van der Waals surface area contributed by atoms with E-state index >= 15 is 0 Å². The third kappa shape index (κ3) is 4.09. The van der Waals surface area contributed by atoms with Crippen LogP contribution in [0.15, 0.2) is 188 Å². The Morgan fingerprint density at radius 3 is 1.47 bits per heavy atom. The number of anilines is 3. The summed E-state index contributed by atoms with van der Waals surface area (Å²) in [4.78, 5) is 2.40. The summed E-state index contributed by atoms with van der Waals surface area (Å²) in [5.41, 5.74) is 16.1. The second-order valence-corrected chi connectivity index (χ2v) is 14.4. The van der Waals surface area contributed by atoms with Gasteiger partial charge in [0, 0.05) is 22.2 Å². The minimum absolute atomic E-state index is 0.299. The van der Waals surface area contributed by atoms with Gasteiger partial charge in [-0.2, -0.15) is 0 Å². The number of hydrogen-bond donors (Lipinski definition) is 0. The van der Waals surface area contributed by atoms with Gasteiger partial charge < -0.3 is 4.90 Å². The van der Waals surface area contributed by atoms with Crippen LogP contribution >= 0.6 is 0 Å². The van der Waals surface area contributed by atoms with E-state index in [2.05, 4.69) is 207 Å². The molecule has 8 aromatic carbocycles. The lowest BCUT2D eigenvalue weighted by atomic mass is 9.60. The maximum Gasteiger partial charge on any atom is 0.0716 e. The molecular formula is C50H37N. The molecule has 2 aliphatic carbocycles. The summed E-state index contributed by atoms with van der Waals surface area (Å²) in [5.74, 6) is 0. The van der Waals surface area contributed by atoms with Crippen LogP contribution in [0.5, 0.6) is 0 Å². The smallest absolute Gasteiger partial charge is 0.0716 e. The third-order valence-electron chi connectivity index (χ3n) is 11.5. The highest BCUT2D eigenvalue weighted by Gasteiger charge is 2.51. The molecule has 2 aliphatic rings. The Labute approximate surface area is 300 Å². The van der Waals surface area contributed by atoms with Crippen molar-refractivity contribution in [2.75, 3.05) is 4.90 Å². The predicted octanol–water partition coefficient (Wildman–Crippen LogP) is 13.0. The zero-order valence-electron chi connectivity index (χ0n) is 28.8. The highest BCUT2D eigenvalue weighted by atomic mass is 15.1. The summed E-state index contributed by atoms with van der Waals surface area (Å²) in [5, 5.41) is 2.60. The molecule has 0 saturated carbocycles. The van der Waals surface area contributed by atoms with Crippen LogP contribution in [0, 0.1) is 0 Å². The van der Waals surface area contributed by atoms with E-state index in [1.807, 2.05) is 0 Å². The number of benzene rings is 8. The monoisotopic (exact) mass is 651 g/mol. The minimum Gasteiger partial charge on any atom is -0.310 e. The molecule has 0 atom stereocenters. The quantitative estimate of drug-likeness (QED) is 0.179. The van der Waals surface area contributed by atoms with Crippen molar-refractivity contribution in [1.82, 2.24) is 0 Å². The summed E-state index contributed by atoms with van der Waals surface area (Å²) in [7, 11) is 0. The fourth-order valence-corrected chi connectivity index (χ4v) is 9.46. The van der Waals surface area contributed by atoms with Gasteiger partial charge in [-0.05, 0) is 91.4 Å². The number of fused-ring (bicyclic) bond motifs is 6. The Balaban J connectivity index is 1.31. The molecule has 0 aliphatic heterocycles. The number of para-hydroxylation sites is 2. The standard InChI is InChI=1S/C50H37N/c1-49(2)44-29-17-27-42-45(51(36-22-11-5-12-23-36)37-24-13-6-14-25-37)33-32-39(46(42)44)41-31-30-40-38-26-15-16-28-43(38)50(48(40)47(41)49,34-18-7-3-8-19-34)35-20-9-4-10-21-35/h3-33H,1-2H3. The van der Waals surface area contributed by atoms with Crippen LogP contribution in [-0.2, 0) is 10.8 Å². The molecule has 51 heavy (non-hydrogen) atoms. The molecule has 0 N–H and O–H groups in total. The average Bonchev–Trinajstić information content (AvgIpc) is 3.50. The Morgan fingerprint density at radius 2 is 0.863 bits per heavy atom. The van der Waals surface area contributed by atoms with Crippen LogP contribution < -0.4 is 4.90 Å². The van der Waals surface area contributed by atoms with Crippen LogP contribution in [0.3, 0.4) is 0 Å². The SMILES string of the molecule is CC1(C)c2c(ccc3c2C(c2ccccc2)(c2ccccc2)c2ccccc2-3)-c2ccc(N(c3ccccc3)c3ccccc3)c3cccc1c23. The fraction of sp³-hybridized carbons (Fsp3) is 0.0800. The van der Waals surface area contributed by atoms with Crippen molar-refractivity contribution in [3.05, 3.63) is 221 Å². The van der Waals surface area contributed by atoms with Crippen LogP contribution in [0.25, 0.3) is 33.0 Å². The van der Waals surface area contributed by atoms with E-state index in [0.717, 1.165) is 11.4 Å². The lowest BCUT2D eigenvalue weighted by Gasteiger charge is -2.42. The Bertz CT molecular complexity index is 2510. The van der Waals surface area contributed by atoms with Gasteiger partial charge in [0.25, 0.3) is 0 Å². The van der Waals surface area contributed by atoms with E-state index in [0.29, 0.717) is 0 Å². The minimum atomic E-state index is -0.472. The summed E-state index contributed by atoms with van der Waals surface area (Å²) < 4.78 is 0. The van der Waals surface area contributed by atoms with E-state index in [-0.39, 0.29) is 5.41 Å². The number of hydrogen-bond acceptors (Lipinski definition) is 1. The van der Waals surface area contributed by atoms with Crippen molar-refractivity contribution in [2.24, 2.45) is 0 Å². The summed E-state index contributed by atoms with van der Waals surface area (Å²) in [6, 6.07) is 69.5. The van der Waals surface area contributed by atoms with E-state index < -0.39 is 5.41 Å². The highest BCUT2D eigenvalue weighted by molar-refractivity contribution is 6.11. The molecule has 0 radical (unpaired) electrons. The second-order valence-electron chi connectivity index (χ2n) is 14.4. The van der Waals surface area contributed by atoms with Crippen molar-refractivity contribution in [1.29, 1.82) is 0 Å². The van der Waals surface area contributed by atoms with Gasteiger partial charge in [0.05, 0.1) is 11.1 Å². The molecule has 0 saturated heterocycles. The molecule has 1 heteroatoms. The van der Waals surface area contributed by atoms with Gasteiger partial charge in [-0.3, -0.25) is 0 Å². The van der Waals surface area contributed by atoms with Crippen LogP contribution in [0.1, 0.15) is 47.2 Å². The lowest BCUT2D eigenvalue weighted by Crippen LogP contribution is -2.34. The molecule has 8 aromatic rings. The Morgan fingerprint density at radius 1 is 0.373 bits per heavy atom. The van der Waals surface area contributed by atoms with E-state index in [1.165, 1.54) is 72.1 Å². The first-order chi connectivity index (χ1) is 25.1. The highest BCUT2D eigenvalue weighted by Crippen LogP contribution is 2.62. The zero-order chi connectivity index (χ0) is 34.2. The first-order valence-electron chi connectivity index (χ1n) is 18.0. The summed E-state index contributed by atoms with van der Waals surface area (Å²) in [6.07, 6.45) is 0. The molecule has 0 amide bonds. The first kappa shape index (κ1) is 29.7. The topological polar surface area (TPSA) is 3.24 Å². The molecule has 1 nitrogen and oxygen atoms in total. The third-order valence-corrected chi connectivity index (χ3v) is 11.5. The van der Waals surface area contributed by atoms with Gasteiger partial charge in [0.15, 0.2) is 0 Å². The van der Waals surface area contributed by atoms with E-state index in [9.17, 15) is 0 Å². The number of rotatable bonds is 5. The predicted molar refractivity (Wildman–Crippen MR) is 213 cm³/mol. The number of nitrogens with zero attached hydrogens (tertiary/aromatic N) is 1. The van der Waals surface area contributed by atoms with Crippen molar-refractivity contribution in [2.45, 2.75) is 24.7 Å². The largest absolute Gasteiger partial charge is 0.310 e. The molecule has 0 spiro atoms. The molecular weight excluding hydrogens is 615 g/mol. The molecule has 0 aromatic heterocycles. The van der Waals surface area contributed by atoms with E-state index in [4.69, 9.17) is 0 Å². The zero-order valence-corrected chi connectivity index (χ0v) is 28.8. The van der Waals surface area contributed by atoms with Crippen LogP contribution in [0.4, 0.5) is 17.1 Å². The van der Waals surface area contributed by atoms with Crippen molar-refractivity contribution < 1.29 is 0 Å². The molecule has 0 fully saturated rings. The van der Waals surface area contributed by atoms with Gasteiger partial charge in [0.1, 0.15) is 0 Å². The normalized spacial score (nSPS) is 14.4. The summed E-state index contributed by atoms with van der Waals surface area (Å²) >= 11 is 0. The van der Waals surface area contributed by atoms with E-state index in [1.54, 1.807) is 0 Å². The average molecular weight is 652 g/mol. The Hall–Kier alpha value is -6.18. The van der Waals surface area contributed by atoms with Crippen LogP contribution in [-0.4, -0.2) is 0 Å². The van der Waals surface area contributed by atoms with Gasteiger partial charge in [-0.1, -0.05) is 172 Å². The first-order valence-corrected chi connectivity index (χ1v) is 18.0. The van der Waals surface area contributed by atoms with Gasteiger partial charge in [-0.15, -0.1) is 0 Å². The van der Waals surface area contributed by atoms with Gasteiger partial charge >= 0.3 is 0 Å². The maximum absolute atomic E-state index is 2.45. The summed E-state index contributed by atoms with van der Waals surface area (Å²) in [6.45, 7) is 4.90. The molecule has 0 heterocycles. The van der Waals surface area contributed by atoms with Gasteiger partial charge in [0.2, 0.25) is 0 Å². The maximum atomic E-state index is 2.45.